The molecule has 354 valence electrons. The summed E-state index contributed by atoms with van der Waals surface area (Å²) in [5.74, 6) is -0.634. The number of carbonyl (C=O) groups is 2. The third kappa shape index (κ3) is 14.4. The number of rotatable bonds is 20. The molecule has 3 saturated carbocycles. The Morgan fingerprint density at radius 3 is 1.52 bits per heavy atom. The van der Waals surface area contributed by atoms with E-state index in [1.165, 1.54) is 13.7 Å². The Morgan fingerprint density at radius 2 is 1.06 bits per heavy atom. The van der Waals surface area contributed by atoms with E-state index < -0.39 is 39.8 Å². The molecule has 1 heterocycles. The van der Waals surface area contributed by atoms with E-state index in [1.54, 1.807) is 0 Å². The van der Waals surface area contributed by atoms with Crippen LogP contribution >= 0.6 is 0 Å². The molecule has 7 atom stereocenters. The van der Waals surface area contributed by atoms with E-state index in [2.05, 4.69) is 97.9 Å². The second-order valence-corrected chi connectivity index (χ2v) is 22.3. The van der Waals surface area contributed by atoms with Crippen molar-refractivity contribution < 1.29 is 38.8 Å². The van der Waals surface area contributed by atoms with Gasteiger partial charge in [0.25, 0.3) is 0 Å². The van der Waals surface area contributed by atoms with Gasteiger partial charge in [-0.2, -0.15) is 9.78 Å². The maximum absolute atomic E-state index is 14.9. The molecule has 0 aromatic carbocycles. The number of aromatic nitrogens is 3. The van der Waals surface area contributed by atoms with Crippen LogP contribution < -0.4 is 28.0 Å². The summed E-state index contributed by atoms with van der Waals surface area (Å²) < 4.78 is 3.86. The Bertz CT molecular complexity index is 2060. The lowest BCUT2D eigenvalue weighted by atomic mass is 9.58. The zero-order valence-electron chi connectivity index (χ0n) is 39.8. The lowest BCUT2D eigenvalue weighted by Crippen LogP contribution is -2.60. The number of carbonyl (C=O) groups excluding carboxylic acids is 2. The average Bonchev–Trinajstić information content (AvgIpc) is 3.15. The summed E-state index contributed by atoms with van der Waals surface area (Å²) in [6.45, 7) is 30.5. The minimum absolute atomic E-state index is 0.00668. The Kier molecular flexibility index (Phi) is 17.0. The topological polar surface area (TPSA) is 180 Å². The highest BCUT2D eigenvalue weighted by Gasteiger charge is 2.48. The van der Waals surface area contributed by atoms with Crippen molar-refractivity contribution >= 4 is 11.9 Å². The molecular weight excluding hydrogens is 811 g/mol. The third-order valence-electron chi connectivity index (χ3n) is 13.4. The second-order valence-electron chi connectivity index (χ2n) is 22.3. The molecule has 3 aliphatic carbocycles. The summed E-state index contributed by atoms with van der Waals surface area (Å²) in [5, 5.41) is 0. The SMILES string of the molecule is C=C=COOCCC(=O)ONC1CC(C)(C)CC(C)(Cn2c(=O)n(CC3(C)CC(C)CC(C)(C)C3)c(=O)n(CC3(C)CC(NOC(=O)CCOOC=C=C)C(C)C(C)(C)C3)c2=O)C1. The molecule has 2 N–H and O–H groups in total. The van der Waals surface area contributed by atoms with E-state index >= 15 is 0 Å². The third-order valence-corrected chi connectivity index (χ3v) is 13.4. The molecule has 0 amide bonds. The predicted molar refractivity (Wildman–Crippen MR) is 237 cm³/mol. The molecule has 0 radical (unpaired) electrons. The summed E-state index contributed by atoms with van der Waals surface area (Å²) in [4.78, 5) is 100.0. The number of nitrogens with zero attached hydrogens (tertiary/aromatic N) is 3. The smallest absolute Gasteiger partial charge is 0.336 e. The maximum Gasteiger partial charge on any atom is 0.336 e. The first-order valence-corrected chi connectivity index (χ1v) is 22.3. The Morgan fingerprint density at radius 1 is 0.635 bits per heavy atom. The fourth-order valence-corrected chi connectivity index (χ4v) is 12.1. The molecule has 63 heavy (non-hydrogen) atoms. The van der Waals surface area contributed by atoms with Crippen molar-refractivity contribution in [1.29, 1.82) is 0 Å². The first-order chi connectivity index (χ1) is 29.2. The van der Waals surface area contributed by atoms with Crippen LogP contribution in [0.5, 0.6) is 0 Å². The standard InChI is InChI=1S/C47H75N5O11/c1-14-18-58-60-20-16-37(53)62-48-35-24-43(7,8)28-46(12,25-35)31-51-39(55)50(30-45(11)23-33(3)22-42(5,6)27-45)40(56)52(41(51)57)32-47(13)26-36(34(4)44(9,10)29-47)49-63-38(54)17-21-61-59-19-15-2/h18-19,33-36,48-49H,1-2,16-17,20-32H2,3-13H3. The summed E-state index contributed by atoms with van der Waals surface area (Å²) >= 11 is 0. The van der Waals surface area contributed by atoms with E-state index in [-0.39, 0.29) is 85.4 Å². The molecule has 0 spiro atoms. The average molecular weight is 886 g/mol. The highest BCUT2D eigenvalue weighted by Crippen LogP contribution is 2.51. The molecular formula is C47H75N5O11. The van der Waals surface area contributed by atoms with E-state index in [0.717, 1.165) is 31.8 Å². The number of hydrogen-bond donors (Lipinski definition) is 2. The van der Waals surface area contributed by atoms with E-state index in [4.69, 9.17) is 29.2 Å². The van der Waals surface area contributed by atoms with Gasteiger partial charge in [0.05, 0.1) is 12.8 Å². The highest BCUT2D eigenvalue weighted by molar-refractivity contribution is 5.69. The first-order valence-electron chi connectivity index (χ1n) is 22.3. The molecule has 1 aromatic heterocycles. The molecule has 16 nitrogen and oxygen atoms in total. The number of hydroxylamine groups is 2. The first kappa shape index (κ1) is 51.5. The van der Waals surface area contributed by atoms with Crippen molar-refractivity contribution in [3.8, 4) is 0 Å². The van der Waals surface area contributed by atoms with E-state index in [9.17, 15) is 24.0 Å². The minimum atomic E-state index is -0.653. The summed E-state index contributed by atoms with van der Waals surface area (Å²) in [6.07, 6.45) is 7.81. The van der Waals surface area contributed by atoms with Crippen LogP contribution in [0.3, 0.4) is 0 Å². The number of nitrogens with one attached hydrogen (secondary N) is 2. The zero-order valence-corrected chi connectivity index (χ0v) is 39.8. The van der Waals surface area contributed by atoms with Crippen molar-refractivity contribution in [1.82, 2.24) is 24.7 Å². The minimum Gasteiger partial charge on any atom is -0.370 e. The summed E-state index contributed by atoms with van der Waals surface area (Å²) in [7, 11) is 0. The van der Waals surface area contributed by atoms with Gasteiger partial charge in [-0.3, -0.25) is 9.59 Å². The monoisotopic (exact) mass is 886 g/mol. The Balaban J connectivity index is 1.69. The van der Waals surface area contributed by atoms with Gasteiger partial charge in [-0.05, 0) is 95.7 Å². The van der Waals surface area contributed by atoms with Crippen molar-refractivity contribution in [2.24, 2.45) is 44.3 Å². The van der Waals surface area contributed by atoms with Crippen molar-refractivity contribution in [2.45, 2.75) is 172 Å². The zero-order chi connectivity index (χ0) is 47.0. The second kappa shape index (κ2) is 20.8. The summed E-state index contributed by atoms with van der Waals surface area (Å²) in [5.41, 5.74) is 6.73. The van der Waals surface area contributed by atoms with Gasteiger partial charge in [0.1, 0.15) is 13.2 Å². The highest BCUT2D eigenvalue weighted by atomic mass is 17.2. The van der Waals surface area contributed by atoms with Gasteiger partial charge in [0, 0.05) is 31.7 Å². The van der Waals surface area contributed by atoms with Crippen LogP contribution in [0, 0.1) is 44.3 Å². The maximum atomic E-state index is 14.9. The molecule has 3 fully saturated rings. The molecule has 0 saturated heterocycles. The molecule has 0 aliphatic heterocycles. The van der Waals surface area contributed by atoms with Crippen LogP contribution in [0.2, 0.25) is 0 Å². The normalized spacial score (nSPS) is 29.6. The van der Waals surface area contributed by atoms with Gasteiger partial charge < -0.3 is 19.5 Å². The van der Waals surface area contributed by atoms with Crippen LogP contribution in [-0.4, -0.2) is 50.9 Å². The van der Waals surface area contributed by atoms with Crippen LogP contribution in [-0.2, 0) is 58.4 Å². The lowest BCUT2D eigenvalue weighted by Gasteiger charge is -2.50. The molecule has 7 unspecified atom stereocenters. The molecule has 1 aromatic rings. The van der Waals surface area contributed by atoms with E-state index in [1.807, 2.05) is 13.8 Å². The van der Waals surface area contributed by atoms with Crippen LogP contribution in [0.15, 0.2) is 51.5 Å². The van der Waals surface area contributed by atoms with Gasteiger partial charge in [-0.15, -0.1) is 11.0 Å². The predicted octanol–water partition coefficient (Wildman–Crippen LogP) is 6.81. The van der Waals surface area contributed by atoms with Crippen LogP contribution in [0.1, 0.15) is 140 Å². The van der Waals surface area contributed by atoms with Crippen LogP contribution in [0.25, 0.3) is 0 Å². The fraction of sp³-hybridized carbons (Fsp3) is 0.766. The van der Waals surface area contributed by atoms with Crippen molar-refractivity contribution in [3.63, 3.8) is 0 Å². The van der Waals surface area contributed by atoms with Crippen molar-refractivity contribution in [2.75, 3.05) is 13.2 Å². The van der Waals surface area contributed by atoms with Gasteiger partial charge in [0.15, 0.2) is 12.5 Å². The Hall–Kier alpha value is -4.17. The fourth-order valence-electron chi connectivity index (χ4n) is 12.1. The van der Waals surface area contributed by atoms with Gasteiger partial charge in [0.2, 0.25) is 0 Å². The van der Waals surface area contributed by atoms with Crippen molar-refractivity contribution in [3.05, 3.63) is 68.6 Å². The molecule has 4 rings (SSSR count). The molecule has 0 bridgehead atoms. The number of hydrogen-bond acceptors (Lipinski definition) is 13. The molecule has 16 heteroatoms. The lowest BCUT2D eigenvalue weighted by molar-refractivity contribution is -0.249. The van der Waals surface area contributed by atoms with Gasteiger partial charge in [-0.1, -0.05) is 101 Å². The van der Waals surface area contributed by atoms with E-state index in [0.29, 0.717) is 38.0 Å². The largest absolute Gasteiger partial charge is 0.370 e. The Labute approximate surface area is 372 Å². The van der Waals surface area contributed by atoms with Gasteiger partial charge >= 0.3 is 29.0 Å². The molecule has 3 aliphatic rings. The van der Waals surface area contributed by atoms with Crippen LogP contribution in [0.4, 0.5) is 0 Å². The quantitative estimate of drug-likeness (QED) is 0.0459. The summed E-state index contributed by atoms with van der Waals surface area (Å²) in [6, 6.07) is -0.592. The van der Waals surface area contributed by atoms with Gasteiger partial charge in [-0.25, -0.2) is 28.1 Å².